The number of carbonyl (C=O) groups excluding carboxylic acids is 1. The van der Waals surface area contributed by atoms with E-state index in [-0.39, 0.29) is 29.0 Å². The summed E-state index contributed by atoms with van der Waals surface area (Å²) in [5.74, 6) is -0.414. The molecule has 0 bridgehead atoms. The Morgan fingerprint density at radius 2 is 1.92 bits per heavy atom. The van der Waals surface area contributed by atoms with Crippen LogP contribution in [0.2, 0.25) is 5.02 Å². The van der Waals surface area contributed by atoms with E-state index in [1.54, 1.807) is 7.11 Å². The van der Waals surface area contributed by atoms with Gasteiger partial charge in [0.05, 0.1) is 11.5 Å². The van der Waals surface area contributed by atoms with Gasteiger partial charge in [0.25, 0.3) is 0 Å². The van der Waals surface area contributed by atoms with Gasteiger partial charge in [-0.25, -0.2) is 13.1 Å². The van der Waals surface area contributed by atoms with Crippen molar-refractivity contribution < 1.29 is 17.9 Å². The number of carbonyl (C=O) groups is 1. The van der Waals surface area contributed by atoms with E-state index in [0.29, 0.717) is 11.6 Å². The van der Waals surface area contributed by atoms with Gasteiger partial charge in [-0.1, -0.05) is 11.6 Å². The highest BCUT2D eigenvalue weighted by Gasteiger charge is 2.14. The van der Waals surface area contributed by atoms with E-state index in [9.17, 15) is 13.2 Å². The van der Waals surface area contributed by atoms with Crippen LogP contribution in [0.25, 0.3) is 0 Å². The monoisotopic (exact) mass is 408 g/mol. The van der Waals surface area contributed by atoms with E-state index in [4.69, 9.17) is 28.6 Å². The number of methoxy groups -OCH3 is 1. The molecular formula is C14H21ClN4O4S2. The number of rotatable bonds is 8. The third kappa shape index (κ3) is 8.45. The summed E-state index contributed by atoms with van der Waals surface area (Å²) in [5.41, 5.74) is 4.91. The Kier molecular flexibility index (Phi) is 9.08. The van der Waals surface area contributed by atoms with Gasteiger partial charge in [-0.3, -0.25) is 15.6 Å². The fourth-order valence-corrected chi connectivity index (χ4v) is 3.15. The Morgan fingerprint density at radius 3 is 2.52 bits per heavy atom. The molecule has 4 N–H and O–H groups in total. The minimum atomic E-state index is -3.69. The van der Waals surface area contributed by atoms with Crippen LogP contribution in [0.15, 0.2) is 29.2 Å². The number of thiocarbonyl (C=S) groups is 1. The van der Waals surface area contributed by atoms with E-state index in [0.717, 1.165) is 0 Å². The maximum absolute atomic E-state index is 12.0. The van der Waals surface area contributed by atoms with Gasteiger partial charge in [0.2, 0.25) is 15.9 Å². The average molecular weight is 409 g/mol. The van der Waals surface area contributed by atoms with Crippen molar-refractivity contribution in [2.75, 3.05) is 20.3 Å². The number of hydrazine groups is 1. The quantitative estimate of drug-likeness (QED) is 0.367. The van der Waals surface area contributed by atoms with Crippen molar-refractivity contribution >= 4 is 44.9 Å². The van der Waals surface area contributed by atoms with E-state index in [1.165, 1.54) is 24.3 Å². The van der Waals surface area contributed by atoms with Crippen LogP contribution in [0.5, 0.6) is 0 Å². The van der Waals surface area contributed by atoms with Gasteiger partial charge in [0.1, 0.15) is 0 Å². The van der Waals surface area contributed by atoms with Gasteiger partial charge in [-0.15, -0.1) is 0 Å². The Morgan fingerprint density at radius 1 is 1.28 bits per heavy atom. The van der Waals surface area contributed by atoms with Crippen molar-refractivity contribution in [3.8, 4) is 0 Å². The molecule has 0 radical (unpaired) electrons. The molecule has 0 aliphatic rings. The number of amides is 1. The zero-order valence-electron chi connectivity index (χ0n) is 13.8. The molecule has 1 rings (SSSR count). The molecule has 0 heterocycles. The molecule has 1 aromatic rings. The molecule has 140 valence electrons. The van der Waals surface area contributed by atoms with Crippen LogP contribution in [0, 0.1) is 0 Å². The SMILES string of the molecule is COC[C@@H](C)NC(=S)NNC(=O)CCNS(=O)(=O)c1ccc(Cl)cc1. The number of ether oxygens (including phenoxy) is 1. The lowest BCUT2D eigenvalue weighted by Gasteiger charge is -2.16. The Hall–Kier alpha value is -1.46. The Balaban J connectivity index is 2.32. The summed E-state index contributed by atoms with van der Waals surface area (Å²) in [6.07, 6.45) is -0.0595. The molecule has 0 saturated carbocycles. The average Bonchev–Trinajstić information content (AvgIpc) is 2.53. The molecule has 1 aromatic carbocycles. The van der Waals surface area contributed by atoms with Crippen LogP contribution in [0.4, 0.5) is 0 Å². The van der Waals surface area contributed by atoms with Crippen molar-refractivity contribution in [2.24, 2.45) is 0 Å². The highest BCUT2D eigenvalue weighted by Crippen LogP contribution is 2.13. The topological polar surface area (TPSA) is 109 Å². The smallest absolute Gasteiger partial charge is 0.240 e. The number of benzene rings is 1. The first-order valence-electron chi connectivity index (χ1n) is 7.34. The summed E-state index contributed by atoms with van der Waals surface area (Å²) in [5, 5.41) is 3.58. The molecule has 0 spiro atoms. The number of nitrogens with one attached hydrogen (secondary N) is 4. The van der Waals surface area contributed by atoms with Gasteiger partial charge in [0, 0.05) is 31.1 Å². The van der Waals surface area contributed by atoms with Crippen molar-refractivity contribution in [3.63, 3.8) is 0 Å². The molecule has 25 heavy (non-hydrogen) atoms. The van der Waals surface area contributed by atoms with Crippen molar-refractivity contribution in [3.05, 3.63) is 29.3 Å². The lowest BCUT2D eigenvalue weighted by Crippen LogP contribution is -2.50. The van der Waals surface area contributed by atoms with Crippen LogP contribution in [0.3, 0.4) is 0 Å². The van der Waals surface area contributed by atoms with Crippen LogP contribution in [-0.2, 0) is 19.6 Å². The Labute approximate surface area is 157 Å². The largest absolute Gasteiger partial charge is 0.383 e. The standard InChI is InChI=1S/C14H21ClN4O4S2/c1-10(9-23-2)17-14(24)19-18-13(20)7-8-16-25(21,22)12-5-3-11(15)4-6-12/h3-6,10,16H,7-9H2,1-2H3,(H,18,20)(H2,17,19,24)/t10-/m1/s1. The zero-order valence-corrected chi connectivity index (χ0v) is 16.2. The first-order chi connectivity index (χ1) is 11.7. The summed E-state index contributed by atoms with van der Waals surface area (Å²) in [6, 6.07) is 5.71. The molecule has 1 amide bonds. The molecule has 0 aromatic heterocycles. The van der Waals surface area contributed by atoms with Crippen molar-refractivity contribution in [1.29, 1.82) is 0 Å². The van der Waals surface area contributed by atoms with Gasteiger partial charge in [-0.05, 0) is 43.4 Å². The summed E-state index contributed by atoms with van der Waals surface area (Å²) in [6.45, 7) is 2.27. The molecular weight excluding hydrogens is 388 g/mol. The predicted molar refractivity (Wildman–Crippen MR) is 99.6 cm³/mol. The lowest BCUT2D eigenvalue weighted by molar-refractivity contribution is -0.121. The minimum Gasteiger partial charge on any atom is -0.383 e. The number of halogens is 1. The second-order valence-electron chi connectivity index (χ2n) is 5.10. The second-order valence-corrected chi connectivity index (χ2v) is 7.72. The summed E-state index contributed by atoms with van der Waals surface area (Å²) >= 11 is 10.7. The summed E-state index contributed by atoms with van der Waals surface area (Å²) < 4.78 is 31.3. The Bertz CT molecular complexity index is 683. The molecule has 1 atom stereocenters. The number of sulfonamides is 1. The first-order valence-corrected chi connectivity index (χ1v) is 9.61. The van der Waals surface area contributed by atoms with Crippen LogP contribution < -0.4 is 20.9 Å². The van der Waals surface area contributed by atoms with E-state index in [2.05, 4.69) is 20.9 Å². The summed E-state index contributed by atoms with van der Waals surface area (Å²) in [7, 11) is -2.12. The molecule has 11 heteroatoms. The molecule has 8 nitrogen and oxygen atoms in total. The maximum Gasteiger partial charge on any atom is 0.240 e. The van der Waals surface area contributed by atoms with Crippen LogP contribution in [-0.4, -0.2) is 45.7 Å². The highest BCUT2D eigenvalue weighted by atomic mass is 35.5. The molecule has 0 aliphatic carbocycles. The van der Waals surface area contributed by atoms with Gasteiger partial charge in [-0.2, -0.15) is 0 Å². The van der Waals surface area contributed by atoms with Crippen LogP contribution in [0.1, 0.15) is 13.3 Å². The summed E-state index contributed by atoms with van der Waals surface area (Å²) in [4.78, 5) is 11.8. The zero-order chi connectivity index (χ0) is 18.9. The number of hydrogen-bond acceptors (Lipinski definition) is 5. The van der Waals surface area contributed by atoms with Gasteiger partial charge < -0.3 is 10.1 Å². The first kappa shape index (κ1) is 21.6. The molecule has 0 aliphatic heterocycles. The van der Waals surface area contributed by atoms with Crippen molar-refractivity contribution in [1.82, 2.24) is 20.9 Å². The fraction of sp³-hybridized carbons (Fsp3) is 0.429. The maximum atomic E-state index is 12.0. The molecule has 0 saturated heterocycles. The van der Waals surface area contributed by atoms with Crippen molar-refractivity contribution in [2.45, 2.75) is 24.3 Å². The van der Waals surface area contributed by atoms with E-state index < -0.39 is 15.9 Å². The molecule has 0 unspecified atom stereocenters. The predicted octanol–water partition coefficient (Wildman–Crippen LogP) is 0.539. The third-order valence-corrected chi connectivity index (χ3v) is 4.83. The van der Waals surface area contributed by atoms with E-state index >= 15 is 0 Å². The van der Waals surface area contributed by atoms with E-state index in [1.807, 2.05) is 6.92 Å². The van der Waals surface area contributed by atoms with Crippen LogP contribution >= 0.6 is 23.8 Å². The van der Waals surface area contributed by atoms with Gasteiger partial charge in [0.15, 0.2) is 5.11 Å². The van der Waals surface area contributed by atoms with Gasteiger partial charge >= 0.3 is 0 Å². The molecule has 0 fully saturated rings. The fourth-order valence-electron chi connectivity index (χ4n) is 1.74. The second kappa shape index (κ2) is 10.5. The third-order valence-electron chi connectivity index (χ3n) is 2.88. The highest BCUT2D eigenvalue weighted by molar-refractivity contribution is 7.89. The minimum absolute atomic E-state index is 0.0203. The number of hydrogen-bond donors (Lipinski definition) is 4. The lowest BCUT2D eigenvalue weighted by atomic mass is 10.4. The normalized spacial score (nSPS) is 12.3.